The third kappa shape index (κ3) is 2.20. The molecule has 1 aliphatic rings. The van der Waals surface area contributed by atoms with Crippen LogP contribution in [0.2, 0.25) is 0 Å². The summed E-state index contributed by atoms with van der Waals surface area (Å²) in [5, 5.41) is 9.31. The predicted molar refractivity (Wildman–Crippen MR) is 63.6 cm³/mol. The normalized spacial score (nSPS) is 19.3. The molecule has 0 bridgehead atoms. The van der Waals surface area contributed by atoms with Gasteiger partial charge < -0.3 is 15.4 Å². The van der Waals surface area contributed by atoms with Crippen LogP contribution < -0.4 is 5.73 Å². The highest BCUT2D eigenvalue weighted by molar-refractivity contribution is 5.79. The van der Waals surface area contributed by atoms with Gasteiger partial charge in [0.1, 0.15) is 11.4 Å². The molecule has 1 fully saturated rings. The first kappa shape index (κ1) is 12.1. The molecule has 1 atom stereocenters. The quantitative estimate of drug-likeness (QED) is 0.806. The molecule has 1 aromatic rings. The van der Waals surface area contributed by atoms with Gasteiger partial charge in [0.15, 0.2) is 0 Å². The summed E-state index contributed by atoms with van der Waals surface area (Å²) in [5.41, 5.74) is 4.91. The van der Waals surface area contributed by atoms with E-state index in [0.717, 1.165) is 18.7 Å². The van der Waals surface area contributed by atoms with Gasteiger partial charge in [0, 0.05) is 18.3 Å². The number of nitrogens with two attached hydrogens (primary N) is 1. The van der Waals surface area contributed by atoms with Crippen molar-refractivity contribution in [2.75, 3.05) is 0 Å². The number of carbonyl (C=O) groups is 1. The monoisotopic (exact) mass is 237 g/mol. The average molecular weight is 237 g/mol. The Labute approximate surface area is 101 Å². The number of nitrogens with zero attached hydrogens (tertiary/aromatic N) is 2. The number of hydrogen-bond donors (Lipinski definition) is 2. The Morgan fingerprint density at radius 2 is 2.35 bits per heavy atom. The van der Waals surface area contributed by atoms with Crippen LogP contribution in [-0.2, 0) is 11.3 Å². The van der Waals surface area contributed by atoms with Gasteiger partial charge in [0.2, 0.25) is 0 Å². The zero-order valence-corrected chi connectivity index (χ0v) is 10.3. The first-order chi connectivity index (χ1) is 7.95. The van der Waals surface area contributed by atoms with E-state index in [0.29, 0.717) is 6.54 Å². The Kier molecular flexibility index (Phi) is 2.95. The molecule has 0 saturated heterocycles. The molecule has 5 heteroatoms. The molecule has 0 aromatic carbocycles. The number of imidazole rings is 1. The summed E-state index contributed by atoms with van der Waals surface area (Å²) in [4.78, 5) is 15.6. The number of carboxylic acid groups (broad SMARTS) is 1. The van der Waals surface area contributed by atoms with Crippen molar-refractivity contribution in [1.29, 1.82) is 0 Å². The summed E-state index contributed by atoms with van der Waals surface area (Å²) < 4.78 is 1.87. The number of carboxylic acids is 1. The SMILES string of the molecule is CC(C)c1nccn1CC(N)(C(=O)O)C1CC1. The van der Waals surface area contributed by atoms with Crippen LogP contribution in [0.15, 0.2) is 12.4 Å². The van der Waals surface area contributed by atoms with Gasteiger partial charge in [-0.15, -0.1) is 0 Å². The van der Waals surface area contributed by atoms with Gasteiger partial charge >= 0.3 is 5.97 Å². The molecule has 0 radical (unpaired) electrons. The molecule has 0 spiro atoms. The second-order valence-corrected chi connectivity index (χ2v) is 5.19. The lowest BCUT2D eigenvalue weighted by atomic mass is 9.94. The highest BCUT2D eigenvalue weighted by Gasteiger charge is 2.48. The molecular formula is C12H19N3O2. The number of aliphatic carboxylic acids is 1. The minimum Gasteiger partial charge on any atom is -0.480 e. The lowest BCUT2D eigenvalue weighted by molar-refractivity contribution is -0.144. The molecule has 17 heavy (non-hydrogen) atoms. The van der Waals surface area contributed by atoms with Gasteiger partial charge in [-0.3, -0.25) is 4.79 Å². The molecule has 1 saturated carbocycles. The van der Waals surface area contributed by atoms with Crippen LogP contribution in [0, 0.1) is 5.92 Å². The molecule has 5 nitrogen and oxygen atoms in total. The standard InChI is InChI=1S/C12H19N3O2/c1-8(2)10-14-5-6-15(10)7-12(13,11(16)17)9-3-4-9/h5-6,8-9H,3-4,7,13H2,1-2H3,(H,16,17). The van der Waals surface area contributed by atoms with Crippen molar-refractivity contribution in [1.82, 2.24) is 9.55 Å². The van der Waals surface area contributed by atoms with Crippen LogP contribution in [0.1, 0.15) is 38.4 Å². The first-order valence-corrected chi connectivity index (χ1v) is 5.98. The van der Waals surface area contributed by atoms with E-state index in [9.17, 15) is 9.90 Å². The topological polar surface area (TPSA) is 81.1 Å². The minimum absolute atomic E-state index is 0.0995. The van der Waals surface area contributed by atoms with E-state index in [4.69, 9.17) is 5.73 Å². The average Bonchev–Trinajstić information content (AvgIpc) is 2.99. The van der Waals surface area contributed by atoms with Crippen molar-refractivity contribution in [2.24, 2.45) is 11.7 Å². The molecule has 1 heterocycles. The van der Waals surface area contributed by atoms with Crippen LogP contribution in [0.4, 0.5) is 0 Å². The molecule has 2 rings (SSSR count). The summed E-state index contributed by atoms with van der Waals surface area (Å²) in [6, 6.07) is 0. The maximum atomic E-state index is 11.4. The Balaban J connectivity index is 2.23. The highest BCUT2D eigenvalue weighted by atomic mass is 16.4. The maximum Gasteiger partial charge on any atom is 0.325 e. The third-order valence-electron chi connectivity index (χ3n) is 3.40. The van der Waals surface area contributed by atoms with E-state index in [1.54, 1.807) is 6.20 Å². The zero-order chi connectivity index (χ0) is 12.6. The lowest BCUT2D eigenvalue weighted by Gasteiger charge is -2.26. The van der Waals surface area contributed by atoms with Crippen LogP contribution in [0.5, 0.6) is 0 Å². The Hall–Kier alpha value is -1.36. The molecule has 94 valence electrons. The number of aromatic nitrogens is 2. The minimum atomic E-state index is -1.15. The smallest absolute Gasteiger partial charge is 0.325 e. The van der Waals surface area contributed by atoms with Crippen LogP contribution >= 0.6 is 0 Å². The molecular weight excluding hydrogens is 218 g/mol. The fraction of sp³-hybridized carbons (Fsp3) is 0.667. The van der Waals surface area contributed by atoms with Crippen LogP contribution in [0.25, 0.3) is 0 Å². The fourth-order valence-corrected chi connectivity index (χ4v) is 2.21. The van der Waals surface area contributed by atoms with Gasteiger partial charge in [-0.1, -0.05) is 13.8 Å². The maximum absolute atomic E-state index is 11.4. The van der Waals surface area contributed by atoms with Crippen LogP contribution in [0.3, 0.4) is 0 Å². The molecule has 0 aliphatic heterocycles. The van der Waals surface area contributed by atoms with Crippen molar-refractivity contribution in [3.05, 3.63) is 18.2 Å². The summed E-state index contributed by atoms with van der Waals surface area (Å²) in [6.07, 6.45) is 5.33. The van der Waals surface area contributed by atoms with E-state index in [-0.39, 0.29) is 11.8 Å². The number of hydrogen-bond acceptors (Lipinski definition) is 3. The van der Waals surface area contributed by atoms with E-state index in [1.165, 1.54) is 0 Å². The Bertz CT molecular complexity index is 423. The van der Waals surface area contributed by atoms with Gasteiger partial charge in [-0.05, 0) is 18.8 Å². The van der Waals surface area contributed by atoms with Crippen molar-refractivity contribution in [2.45, 2.75) is 44.7 Å². The Morgan fingerprint density at radius 1 is 1.71 bits per heavy atom. The second kappa shape index (κ2) is 4.14. The molecule has 0 amide bonds. The summed E-state index contributed by atoms with van der Waals surface area (Å²) in [7, 11) is 0. The second-order valence-electron chi connectivity index (χ2n) is 5.19. The van der Waals surface area contributed by atoms with Crippen molar-refractivity contribution >= 4 is 5.97 Å². The summed E-state index contributed by atoms with van der Waals surface area (Å²) in [6.45, 7) is 4.38. The number of rotatable bonds is 5. The Morgan fingerprint density at radius 3 is 2.82 bits per heavy atom. The molecule has 1 unspecified atom stereocenters. The molecule has 3 N–H and O–H groups in total. The van der Waals surface area contributed by atoms with Gasteiger partial charge in [-0.2, -0.15) is 0 Å². The first-order valence-electron chi connectivity index (χ1n) is 5.98. The predicted octanol–water partition coefficient (Wildman–Crippen LogP) is 1.20. The van der Waals surface area contributed by atoms with E-state index >= 15 is 0 Å². The third-order valence-corrected chi connectivity index (χ3v) is 3.40. The van der Waals surface area contributed by atoms with Gasteiger partial charge in [-0.25, -0.2) is 4.98 Å². The van der Waals surface area contributed by atoms with E-state index in [2.05, 4.69) is 4.98 Å². The molecule has 1 aromatic heterocycles. The summed E-state index contributed by atoms with van der Waals surface area (Å²) in [5.74, 6) is 0.342. The fourth-order valence-electron chi connectivity index (χ4n) is 2.21. The van der Waals surface area contributed by atoms with Crippen molar-refractivity contribution in [3.8, 4) is 0 Å². The van der Waals surface area contributed by atoms with E-state index < -0.39 is 11.5 Å². The van der Waals surface area contributed by atoms with Crippen LogP contribution in [-0.4, -0.2) is 26.2 Å². The summed E-state index contributed by atoms with van der Waals surface area (Å²) >= 11 is 0. The van der Waals surface area contributed by atoms with Gasteiger partial charge in [0.25, 0.3) is 0 Å². The van der Waals surface area contributed by atoms with Crippen molar-refractivity contribution < 1.29 is 9.90 Å². The highest BCUT2D eigenvalue weighted by Crippen LogP contribution is 2.39. The largest absolute Gasteiger partial charge is 0.480 e. The lowest BCUT2D eigenvalue weighted by Crippen LogP contribution is -2.53. The van der Waals surface area contributed by atoms with Gasteiger partial charge in [0.05, 0.1) is 6.54 Å². The van der Waals surface area contributed by atoms with E-state index in [1.807, 2.05) is 24.6 Å². The zero-order valence-electron chi connectivity index (χ0n) is 10.3. The van der Waals surface area contributed by atoms with Crippen molar-refractivity contribution in [3.63, 3.8) is 0 Å². The molecule has 1 aliphatic carbocycles.